The van der Waals surface area contributed by atoms with Gasteiger partial charge in [0.1, 0.15) is 18.5 Å². The minimum atomic E-state index is -0.661. The van der Waals surface area contributed by atoms with Crippen LogP contribution in [0.25, 0.3) is 0 Å². The van der Waals surface area contributed by atoms with Crippen molar-refractivity contribution in [2.75, 3.05) is 13.2 Å². The molecule has 110 valence electrons. The molecule has 6 nitrogen and oxygen atoms in total. The zero-order valence-corrected chi connectivity index (χ0v) is 12.0. The lowest BCUT2D eigenvalue weighted by atomic mass is 10.2. The van der Waals surface area contributed by atoms with Crippen molar-refractivity contribution in [1.82, 2.24) is 10.3 Å². The molecule has 2 rings (SSSR count). The Bertz CT molecular complexity index is 657. The summed E-state index contributed by atoms with van der Waals surface area (Å²) in [4.78, 5) is 13.5. The Balaban J connectivity index is 1.68. The summed E-state index contributed by atoms with van der Waals surface area (Å²) >= 11 is 1.11. The molecule has 1 aromatic heterocycles. The van der Waals surface area contributed by atoms with Crippen LogP contribution in [0.3, 0.4) is 0 Å². The summed E-state index contributed by atoms with van der Waals surface area (Å²) in [5, 5.41) is 23.2. The van der Waals surface area contributed by atoms with Crippen molar-refractivity contribution in [3.63, 3.8) is 0 Å². The third kappa shape index (κ3) is 5.04. The normalized spacial score (nSPS) is 11.8. The lowest BCUT2D eigenvalue weighted by molar-refractivity contribution is 0.106. The van der Waals surface area contributed by atoms with Crippen molar-refractivity contribution < 1.29 is 9.84 Å². The van der Waals surface area contributed by atoms with Crippen LogP contribution < -0.4 is 14.9 Å². The molecule has 1 heterocycles. The number of benzene rings is 1. The smallest absolute Gasteiger partial charge is 0.304 e. The van der Waals surface area contributed by atoms with E-state index in [-0.39, 0.29) is 11.5 Å². The standard InChI is InChI=1S/C14H15N3O3S/c15-5-10-1-3-13(4-2-10)20-8-12(18)7-16-6-11-9-21-14(19)17-11/h1-4,9,12,16,18H,6-8H2,(H,17,19). The summed E-state index contributed by atoms with van der Waals surface area (Å²) in [7, 11) is 0. The Kier molecular flexibility index (Phi) is 5.51. The van der Waals surface area contributed by atoms with Gasteiger partial charge in [0, 0.05) is 24.2 Å². The molecule has 1 unspecified atom stereocenters. The number of ether oxygens (including phenoxy) is 1. The maximum atomic E-state index is 10.9. The molecular weight excluding hydrogens is 290 g/mol. The zero-order chi connectivity index (χ0) is 15.1. The fraction of sp³-hybridized carbons (Fsp3) is 0.286. The maximum Gasteiger partial charge on any atom is 0.304 e. The highest BCUT2D eigenvalue weighted by atomic mass is 32.1. The van der Waals surface area contributed by atoms with E-state index < -0.39 is 6.10 Å². The van der Waals surface area contributed by atoms with Crippen molar-refractivity contribution in [2.45, 2.75) is 12.6 Å². The quantitative estimate of drug-likeness (QED) is 0.704. The summed E-state index contributed by atoms with van der Waals surface area (Å²) in [5.41, 5.74) is 1.36. The molecule has 2 aromatic rings. The monoisotopic (exact) mass is 305 g/mol. The number of rotatable bonds is 7. The van der Waals surface area contributed by atoms with Crippen LogP contribution in [0.2, 0.25) is 0 Å². The molecule has 0 saturated heterocycles. The van der Waals surface area contributed by atoms with Gasteiger partial charge in [0.2, 0.25) is 0 Å². The predicted molar refractivity (Wildman–Crippen MR) is 79.3 cm³/mol. The first-order chi connectivity index (χ1) is 10.2. The molecule has 0 aliphatic carbocycles. The second-order valence-electron chi connectivity index (χ2n) is 4.41. The molecule has 1 atom stereocenters. The van der Waals surface area contributed by atoms with E-state index in [1.165, 1.54) is 0 Å². The van der Waals surface area contributed by atoms with Gasteiger partial charge in [0.05, 0.1) is 11.6 Å². The number of nitriles is 1. The van der Waals surface area contributed by atoms with Gasteiger partial charge in [0.25, 0.3) is 0 Å². The number of aromatic amines is 1. The number of aliphatic hydroxyl groups is 1. The van der Waals surface area contributed by atoms with Gasteiger partial charge in [0.15, 0.2) is 0 Å². The molecule has 0 amide bonds. The summed E-state index contributed by atoms with van der Waals surface area (Å²) in [6.07, 6.45) is -0.661. The van der Waals surface area contributed by atoms with Crippen LogP contribution in [0, 0.1) is 11.3 Å². The first-order valence-corrected chi connectivity index (χ1v) is 7.24. The lowest BCUT2D eigenvalue weighted by Crippen LogP contribution is -2.31. The fourth-order valence-electron chi connectivity index (χ4n) is 1.65. The van der Waals surface area contributed by atoms with Crippen molar-refractivity contribution in [1.29, 1.82) is 5.26 Å². The molecule has 0 radical (unpaired) electrons. The third-order valence-corrected chi connectivity index (χ3v) is 3.41. The van der Waals surface area contributed by atoms with E-state index in [9.17, 15) is 9.90 Å². The van der Waals surface area contributed by atoms with Crippen molar-refractivity contribution in [3.05, 3.63) is 50.6 Å². The minimum absolute atomic E-state index is 0.0866. The Morgan fingerprint density at radius 1 is 1.43 bits per heavy atom. The van der Waals surface area contributed by atoms with E-state index in [0.29, 0.717) is 24.4 Å². The molecule has 0 spiro atoms. The molecule has 0 fully saturated rings. The highest BCUT2D eigenvalue weighted by Gasteiger charge is 2.05. The van der Waals surface area contributed by atoms with E-state index in [1.807, 2.05) is 6.07 Å². The highest BCUT2D eigenvalue weighted by Crippen LogP contribution is 2.11. The van der Waals surface area contributed by atoms with E-state index in [4.69, 9.17) is 10.00 Å². The van der Waals surface area contributed by atoms with Crippen molar-refractivity contribution in [2.24, 2.45) is 0 Å². The van der Waals surface area contributed by atoms with Crippen molar-refractivity contribution >= 4 is 11.3 Å². The summed E-state index contributed by atoms with van der Waals surface area (Å²) in [6, 6.07) is 8.72. The summed E-state index contributed by atoms with van der Waals surface area (Å²) in [5.74, 6) is 0.607. The second kappa shape index (κ2) is 7.59. The first kappa shape index (κ1) is 15.3. The molecular formula is C14H15N3O3S. The van der Waals surface area contributed by atoms with Gasteiger partial charge in [-0.3, -0.25) is 4.79 Å². The zero-order valence-electron chi connectivity index (χ0n) is 11.2. The number of nitrogens with zero attached hydrogens (tertiary/aromatic N) is 1. The molecule has 0 bridgehead atoms. The number of hydrogen-bond acceptors (Lipinski definition) is 6. The number of hydrogen-bond donors (Lipinski definition) is 3. The minimum Gasteiger partial charge on any atom is -0.491 e. The first-order valence-electron chi connectivity index (χ1n) is 6.36. The van der Waals surface area contributed by atoms with E-state index in [2.05, 4.69) is 10.3 Å². The van der Waals surface area contributed by atoms with E-state index in [1.54, 1.807) is 29.6 Å². The third-order valence-electron chi connectivity index (χ3n) is 2.69. The Morgan fingerprint density at radius 3 is 2.81 bits per heavy atom. The second-order valence-corrected chi connectivity index (χ2v) is 5.25. The SMILES string of the molecule is N#Cc1ccc(OCC(O)CNCc2csc(=O)[nH]2)cc1. The molecule has 0 aliphatic rings. The Labute approximate surface area is 125 Å². The molecule has 0 saturated carbocycles. The average Bonchev–Trinajstić information content (AvgIpc) is 2.91. The number of H-pyrrole nitrogens is 1. The summed E-state index contributed by atoms with van der Waals surface area (Å²) < 4.78 is 5.42. The van der Waals surface area contributed by atoms with Crippen LogP contribution in [0.4, 0.5) is 0 Å². The molecule has 0 aliphatic heterocycles. The summed E-state index contributed by atoms with van der Waals surface area (Å²) in [6.45, 7) is 1.000. The van der Waals surface area contributed by atoms with Crippen LogP contribution in [0.15, 0.2) is 34.4 Å². The number of aliphatic hydroxyl groups excluding tert-OH is 1. The maximum absolute atomic E-state index is 10.9. The molecule has 3 N–H and O–H groups in total. The average molecular weight is 305 g/mol. The largest absolute Gasteiger partial charge is 0.491 e. The van der Waals surface area contributed by atoms with Crippen LogP contribution in [0.5, 0.6) is 5.75 Å². The van der Waals surface area contributed by atoms with Crippen LogP contribution in [-0.4, -0.2) is 29.3 Å². The van der Waals surface area contributed by atoms with Crippen LogP contribution in [0.1, 0.15) is 11.3 Å². The van der Waals surface area contributed by atoms with E-state index in [0.717, 1.165) is 17.0 Å². The Morgan fingerprint density at radius 2 is 2.19 bits per heavy atom. The van der Waals surface area contributed by atoms with Crippen molar-refractivity contribution in [3.8, 4) is 11.8 Å². The Hall–Kier alpha value is -2.14. The number of thiazole rings is 1. The van der Waals surface area contributed by atoms with Gasteiger partial charge in [-0.2, -0.15) is 5.26 Å². The van der Waals surface area contributed by atoms with Gasteiger partial charge >= 0.3 is 4.87 Å². The molecule has 7 heteroatoms. The predicted octanol–water partition coefficient (Wildman–Crippen LogP) is 0.838. The highest BCUT2D eigenvalue weighted by molar-refractivity contribution is 7.07. The van der Waals surface area contributed by atoms with Gasteiger partial charge < -0.3 is 20.1 Å². The molecule has 21 heavy (non-hydrogen) atoms. The van der Waals surface area contributed by atoms with E-state index >= 15 is 0 Å². The van der Waals surface area contributed by atoms with Gasteiger partial charge in [-0.1, -0.05) is 11.3 Å². The van der Waals surface area contributed by atoms with Crippen LogP contribution >= 0.6 is 11.3 Å². The van der Waals surface area contributed by atoms with Crippen LogP contribution in [-0.2, 0) is 6.54 Å². The number of nitrogens with one attached hydrogen (secondary N) is 2. The van der Waals surface area contributed by atoms with Gasteiger partial charge in [-0.25, -0.2) is 0 Å². The van der Waals surface area contributed by atoms with Gasteiger partial charge in [-0.15, -0.1) is 0 Å². The molecule has 1 aromatic carbocycles. The number of aromatic nitrogens is 1. The lowest BCUT2D eigenvalue weighted by Gasteiger charge is -2.13. The topological polar surface area (TPSA) is 98.1 Å². The van der Waals surface area contributed by atoms with Gasteiger partial charge in [-0.05, 0) is 24.3 Å². The fourth-order valence-corrected chi connectivity index (χ4v) is 2.23.